The van der Waals surface area contributed by atoms with E-state index < -0.39 is 0 Å². The molecule has 1 unspecified atom stereocenters. The standard InChI is InChI=1S/C18H36N2/c1-16-10-6-5-9-13-20(16)15-18(11-7-8-12-18)14-19-17(2,3)4/h16,19H,5-15H2,1-4H3. The van der Waals surface area contributed by atoms with Crippen molar-refractivity contribution in [3.05, 3.63) is 0 Å². The zero-order valence-corrected chi connectivity index (χ0v) is 14.3. The summed E-state index contributed by atoms with van der Waals surface area (Å²) in [5.41, 5.74) is 0.797. The molecule has 0 amide bonds. The fourth-order valence-electron chi connectivity index (χ4n) is 3.97. The normalized spacial score (nSPS) is 28.5. The van der Waals surface area contributed by atoms with E-state index in [2.05, 4.69) is 37.9 Å². The predicted octanol–water partition coefficient (Wildman–Crippen LogP) is 4.20. The predicted molar refractivity (Wildman–Crippen MR) is 88.2 cm³/mol. The SMILES string of the molecule is CC1CCCCCN1CC1(CNC(C)(C)C)CCCC1. The van der Waals surface area contributed by atoms with E-state index in [1.54, 1.807) is 0 Å². The highest BCUT2D eigenvalue weighted by molar-refractivity contribution is 4.92. The van der Waals surface area contributed by atoms with Crippen molar-refractivity contribution >= 4 is 0 Å². The summed E-state index contributed by atoms with van der Waals surface area (Å²) in [6.07, 6.45) is 11.4. The Morgan fingerprint density at radius 2 is 1.75 bits per heavy atom. The Morgan fingerprint density at radius 1 is 1.05 bits per heavy atom. The Kier molecular flexibility index (Phi) is 5.53. The van der Waals surface area contributed by atoms with E-state index in [1.807, 2.05) is 0 Å². The first-order chi connectivity index (χ1) is 9.40. The first-order valence-corrected chi connectivity index (χ1v) is 8.89. The summed E-state index contributed by atoms with van der Waals surface area (Å²) in [6.45, 7) is 13.2. The minimum atomic E-state index is 0.250. The lowest BCUT2D eigenvalue weighted by molar-refractivity contribution is 0.111. The lowest BCUT2D eigenvalue weighted by atomic mass is 9.84. The summed E-state index contributed by atoms with van der Waals surface area (Å²) >= 11 is 0. The van der Waals surface area contributed by atoms with Gasteiger partial charge in [0.05, 0.1) is 0 Å². The van der Waals surface area contributed by atoms with Gasteiger partial charge in [-0.25, -0.2) is 0 Å². The average molecular weight is 281 g/mol. The molecule has 2 heteroatoms. The third kappa shape index (κ3) is 4.73. The lowest BCUT2D eigenvalue weighted by Gasteiger charge is -2.39. The molecule has 1 atom stereocenters. The van der Waals surface area contributed by atoms with Crippen LogP contribution in [0.25, 0.3) is 0 Å². The first-order valence-electron chi connectivity index (χ1n) is 8.89. The molecule has 2 rings (SSSR count). The Balaban J connectivity index is 1.97. The van der Waals surface area contributed by atoms with E-state index in [4.69, 9.17) is 0 Å². The van der Waals surface area contributed by atoms with Crippen molar-refractivity contribution in [1.82, 2.24) is 10.2 Å². The van der Waals surface area contributed by atoms with Gasteiger partial charge >= 0.3 is 0 Å². The van der Waals surface area contributed by atoms with Gasteiger partial charge in [0.25, 0.3) is 0 Å². The van der Waals surface area contributed by atoms with E-state index in [1.165, 1.54) is 71.0 Å². The third-order valence-corrected chi connectivity index (χ3v) is 5.39. The number of hydrogen-bond donors (Lipinski definition) is 1. The van der Waals surface area contributed by atoms with Gasteiger partial charge in [-0.2, -0.15) is 0 Å². The van der Waals surface area contributed by atoms with Gasteiger partial charge in [-0.15, -0.1) is 0 Å². The molecule has 2 aliphatic rings. The molecule has 0 spiro atoms. The van der Waals surface area contributed by atoms with E-state index in [-0.39, 0.29) is 5.54 Å². The van der Waals surface area contributed by atoms with Gasteiger partial charge in [-0.05, 0) is 65.3 Å². The van der Waals surface area contributed by atoms with E-state index in [0.717, 1.165) is 6.04 Å². The Labute approximate surface area is 126 Å². The van der Waals surface area contributed by atoms with Crippen LogP contribution in [0, 0.1) is 5.41 Å². The second-order valence-electron chi connectivity index (χ2n) is 8.48. The van der Waals surface area contributed by atoms with Crippen LogP contribution in [0.3, 0.4) is 0 Å². The van der Waals surface area contributed by atoms with Crippen LogP contribution >= 0.6 is 0 Å². The van der Waals surface area contributed by atoms with Crippen molar-refractivity contribution < 1.29 is 0 Å². The van der Waals surface area contributed by atoms with Gasteiger partial charge in [-0.3, -0.25) is 0 Å². The number of nitrogens with zero attached hydrogens (tertiary/aromatic N) is 1. The van der Waals surface area contributed by atoms with Crippen LogP contribution in [0.15, 0.2) is 0 Å². The summed E-state index contributed by atoms with van der Waals surface area (Å²) in [5, 5.41) is 3.80. The minimum Gasteiger partial charge on any atom is -0.311 e. The zero-order chi connectivity index (χ0) is 14.6. The summed E-state index contributed by atoms with van der Waals surface area (Å²) in [7, 11) is 0. The van der Waals surface area contributed by atoms with Crippen LogP contribution in [0.5, 0.6) is 0 Å². The molecule has 1 aliphatic carbocycles. The maximum Gasteiger partial charge on any atom is 0.00967 e. The van der Waals surface area contributed by atoms with Gasteiger partial charge in [-0.1, -0.05) is 25.7 Å². The summed E-state index contributed by atoms with van der Waals surface area (Å²) in [4.78, 5) is 2.81. The highest BCUT2D eigenvalue weighted by Crippen LogP contribution is 2.39. The summed E-state index contributed by atoms with van der Waals surface area (Å²) < 4.78 is 0. The van der Waals surface area contributed by atoms with Crippen molar-refractivity contribution in [2.75, 3.05) is 19.6 Å². The number of hydrogen-bond acceptors (Lipinski definition) is 2. The van der Waals surface area contributed by atoms with Crippen molar-refractivity contribution in [3.8, 4) is 0 Å². The Hall–Kier alpha value is -0.0800. The zero-order valence-electron chi connectivity index (χ0n) is 14.3. The van der Waals surface area contributed by atoms with Crippen molar-refractivity contribution in [2.45, 2.75) is 90.6 Å². The fourth-order valence-corrected chi connectivity index (χ4v) is 3.97. The fraction of sp³-hybridized carbons (Fsp3) is 1.00. The van der Waals surface area contributed by atoms with Gasteiger partial charge in [0.1, 0.15) is 0 Å². The van der Waals surface area contributed by atoms with Crippen molar-refractivity contribution in [2.24, 2.45) is 5.41 Å². The molecule has 2 nitrogen and oxygen atoms in total. The number of rotatable bonds is 4. The molecule has 1 N–H and O–H groups in total. The molecule has 0 bridgehead atoms. The molecular weight excluding hydrogens is 244 g/mol. The van der Waals surface area contributed by atoms with Gasteiger partial charge in [0, 0.05) is 24.7 Å². The number of nitrogens with one attached hydrogen (secondary N) is 1. The van der Waals surface area contributed by atoms with Crippen LogP contribution < -0.4 is 5.32 Å². The van der Waals surface area contributed by atoms with Crippen molar-refractivity contribution in [1.29, 1.82) is 0 Å². The average Bonchev–Trinajstić information content (AvgIpc) is 2.74. The number of likely N-dealkylation sites (tertiary alicyclic amines) is 1. The molecule has 0 aromatic rings. The maximum absolute atomic E-state index is 3.80. The van der Waals surface area contributed by atoms with Gasteiger partial charge in [0.2, 0.25) is 0 Å². The molecular formula is C18H36N2. The molecule has 1 aliphatic heterocycles. The second-order valence-corrected chi connectivity index (χ2v) is 8.48. The minimum absolute atomic E-state index is 0.250. The third-order valence-electron chi connectivity index (χ3n) is 5.39. The summed E-state index contributed by atoms with van der Waals surface area (Å²) in [5.74, 6) is 0. The quantitative estimate of drug-likeness (QED) is 0.830. The smallest absolute Gasteiger partial charge is 0.00967 e. The molecule has 0 aromatic heterocycles. The molecule has 20 heavy (non-hydrogen) atoms. The molecule has 1 heterocycles. The lowest BCUT2D eigenvalue weighted by Crippen LogP contribution is -2.49. The molecule has 118 valence electrons. The largest absolute Gasteiger partial charge is 0.311 e. The Morgan fingerprint density at radius 3 is 2.40 bits per heavy atom. The molecule has 0 aromatic carbocycles. The van der Waals surface area contributed by atoms with Gasteiger partial charge in [0.15, 0.2) is 0 Å². The topological polar surface area (TPSA) is 15.3 Å². The van der Waals surface area contributed by atoms with E-state index in [0.29, 0.717) is 5.41 Å². The van der Waals surface area contributed by atoms with Crippen LogP contribution in [0.2, 0.25) is 0 Å². The van der Waals surface area contributed by atoms with Crippen LogP contribution in [-0.4, -0.2) is 36.1 Å². The first kappa shape index (κ1) is 16.3. The molecule has 1 saturated heterocycles. The van der Waals surface area contributed by atoms with E-state index in [9.17, 15) is 0 Å². The van der Waals surface area contributed by atoms with Crippen LogP contribution in [-0.2, 0) is 0 Å². The molecule has 0 radical (unpaired) electrons. The van der Waals surface area contributed by atoms with Crippen LogP contribution in [0.4, 0.5) is 0 Å². The molecule has 1 saturated carbocycles. The van der Waals surface area contributed by atoms with Gasteiger partial charge < -0.3 is 10.2 Å². The second kappa shape index (κ2) is 6.79. The van der Waals surface area contributed by atoms with Crippen molar-refractivity contribution in [3.63, 3.8) is 0 Å². The van der Waals surface area contributed by atoms with E-state index >= 15 is 0 Å². The highest BCUT2D eigenvalue weighted by Gasteiger charge is 2.37. The molecule has 2 fully saturated rings. The summed E-state index contributed by atoms with van der Waals surface area (Å²) in [6, 6.07) is 0.796. The maximum atomic E-state index is 3.80. The Bertz CT molecular complexity index is 286. The highest BCUT2D eigenvalue weighted by atomic mass is 15.2. The van der Waals surface area contributed by atoms with Crippen LogP contribution in [0.1, 0.15) is 79.1 Å². The monoisotopic (exact) mass is 280 g/mol.